The molecule has 0 amide bonds. The summed E-state index contributed by atoms with van der Waals surface area (Å²) >= 11 is -3.22. The third-order valence-electron chi connectivity index (χ3n) is 2.81. The molecule has 1 radical (unpaired) electrons. The minimum atomic E-state index is -3.22. The molecule has 0 N–H and O–H groups in total. The first kappa shape index (κ1) is 16.3. The Morgan fingerprint density at radius 3 is 0.867 bits per heavy atom. The Hall–Kier alpha value is 1.30. The average molecular weight is 463 g/mol. The van der Waals surface area contributed by atoms with Crippen molar-refractivity contribution < 1.29 is 11.5 Å². The van der Waals surface area contributed by atoms with Crippen LogP contribution in [-0.2, 0) is 11.5 Å². The van der Waals surface area contributed by atoms with E-state index in [0.717, 1.165) is 0 Å². The van der Waals surface area contributed by atoms with Crippen LogP contribution in [-0.4, -0.2) is 0 Å². The summed E-state index contributed by atoms with van der Waals surface area (Å²) in [6.07, 6.45) is 0. The summed E-state index contributed by atoms with van der Waals surface area (Å²) in [5, 5.41) is 0. The average Bonchev–Trinajstić information content (AvgIpc) is 2.21. The Labute approximate surface area is 112 Å². The molecule has 0 aliphatic heterocycles. The van der Waals surface area contributed by atoms with E-state index in [1.807, 2.05) is 0 Å². The van der Waals surface area contributed by atoms with Crippen molar-refractivity contribution in [2.75, 3.05) is 0 Å². The van der Waals surface area contributed by atoms with Crippen LogP contribution >= 0.6 is 38.1 Å². The van der Waals surface area contributed by atoms with Gasteiger partial charge in [-0.1, -0.05) is 18.1 Å². The molecule has 5 heteroatoms. The van der Waals surface area contributed by atoms with Crippen molar-refractivity contribution >= 4 is 38.1 Å². The molecule has 0 unspecified atom stereocenters. The summed E-state index contributed by atoms with van der Waals surface area (Å²) in [4.78, 5) is 0. The molecular weight excluding hydrogens is 448 g/mol. The van der Waals surface area contributed by atoms with E-state index in [1.54, 1.807) is 0 Å². The molecule has 0 aromatic rings. The molecule has 0 heterocycles. The molecule has 0 nitrogen and oxygen atoms in total. The number of rotatable bonds is 0. The Balaban J connectivity index is 0.000000336. The summed E-state index contributed by atoms with van der Waals surface area (Å²) in [7, 11) is 20.1. The van der Waals surface area contributed by atoms with Crippen molar-refractivity contribution in [2.45, 2.75) is 34.6 Å². The molecule has 0 atom stereocenters. The normalized spacial score (nSPS) is 19.3. The second-order valence-electron chi connectivity index (χ2n) is 3.45. The maximum atomic E-state index is 5.03. The fraction of sp³-hybridized carbons (Fsp3) is 0.500. The topological polar surface area (TPSA) is 0 Å². The molecule has 0 saturated heterocycles. The number of hydrogen-bond acceptors (Lipinski definition) is 0. The fourth-order valence-electron chi connectivity index (χ4n) is 1.41. The van der Waals surface area contributed by atoms with Gasteiger partial charge in [-0.2, -0.15) is 0 Å². The van der Waals surface area contributed by atoms with Crippen LogP contribution in [0.2, 0.25) is 0 Å². The number of halogens is 4. The minimum absolute atomic E-state index is 1.47. The van der Waals surface area contributed by atoms with Gasteiger partial charge in [-0.05, 0) is 38.8 Å². The van der Waals surface area contributed by atoms with Crippen molar-refractivity contribution in [1.82, 2.24) is 0 Å². The van der Waals surface area contributed by atoms with Crippen LogP contribution in [0, 0.1) is 5.92 Å². The molecule has 0 bridgehead atoms. The van der Waals surface area contributed by atoms with Crippen LogP contribution in [0.25, 0.3) is 0 Å². The Bertz CT molecular complexity index is 269. The van der Waals surface area contributed by atoms with E-state index in [4.69, 9.17) is 38.1 Å². The maximum absolute atomic E-state index is 5.03. The van der Waals surface area contributed by atoms with Crippen molar-refractivity contribution in [3.05, 3.63) is 28.2 Å². The second kappa shape index (κ2) is 6.29. The van der Waals surface area contributed by atoms with Crippen LogP contribution < -0.4 is 0 Å². The zero-order valence-corrected chi connectivity index (χ0v) is 15.1. The molecule has 1 aliphatic carbocycles. The van der Waals surface area contributed by atoms with Gasteiger partial charge in [-0.3, -0.25) is 0 Å². The number of hydrogen-bond donors (Lipinski definition) is 0. The van der Waals surface area contributed by atoms with E-state index in [2.05, 4.69) is 34.6 Å². The van der Waals surface area contributed by atoms with Gasteiger partial charge in [0, 0.05) is 5.92 Å². The zero-order chi connectivity index (χ0) is 12.4. The predicted octanol–water partition coefficient (Wildman–Crippen LogP) is 6.02. The van der Waals surface area contributed by atoms with Crippen LogP contribution in [0.4, 0.5) is 0 Å². The van der Waals surface area contributed by atoms with E-state index < -0.39 is 11.5 Å². The van der Waals surface area contributed by atoms with Gasteiger partial charge in [-0.25, -0.2) is 0 Å². The van der Waals surface area contributed by atoms with Gasteiger partial charge in [0.2, 0.25) is 0 Å². The predicted molar refractivity (Wildman–Crippen MR) is 69.1 cm³/mol. The molecule has 90 valence electrons. The van der Waals surface area contributed by atoms with E-state index >= 15 is 0 Å². The van der Waals surface area contributed by atoms with E-state index in [1.165, 1.54) is 28.2 Å². The van der Waals surface area contributed by atoms with Gasteiger partial charge in [0.15, 0.2) is 0 Å². The quantitative estimate of drug-likeness (QED) is 0.412. The van der Waals surface area contributed by atoms with Gasteiger partial charge < -0.3 is 0 Å². The van der Waals surface area contributed by atoms with Crippen LogP contribution in [0.1, 0.15) is 34.6 Å². The van der Waals surface area contributed by atoms with E-state index in [0.29, 0.717) is 0 Å². The SMILES string of the molecule is C[C]1C(C)=C(C)C(C)=C1C.[Cl][Re]([Cl])([Cl])[Cl]. The second-order valence-corrected chi connectivity index (χ2v) is 27.0. The molecule has 15 heavy (non-hydrogen) atoms. The van der Waals surface area contributed by atoms with Crippen molar-refractivity contribution in [3.8, 4) is 0 Å². The van der Waals surface area contributed by atoms with Gasteiger partial charge >= 0.3 is 49.6 Å². The Kier molecular flexibility index (Phi) is 6.84. The zero-order valence-electron chi connectivity index (χ0n) is 9.39. The first-order valence-corrected chi connectivity index (χ1v) is 17.8. The molecule has 0 spiro atoms. The van der Waals surface area contributed by atoms with Crippen LogP contribution in [0.3, 0.4) is 0 Å². The number of allylic oxidation sites excluding steroid dienone is 4. The van der Waals surface area contributed by atoms with Crippen molar-refractivity contribution in [3.63, 3.8) is 0 Å². The first-order valence-electron chi connectivity index (χ1n) is 4.32. The van der Waals surface area contributed by atoms with Crippen molar-refractivity contribution in [1.29, 1.82) is 0 Å². The molecule has 1 rings (SSSR count). The molecular formula is C10H15Cl4Re. The molecule has 1 aliphatic rings. The van der Waals surface area contributed by atoms with Crippen LogP contribution in [0.15, 0.2) is 22.3 Å². The fourth-order valence-corrected chi connectivity index (χ4v) is 1.41. The standard InChI is InChI=1S/C10H15.4ClH.Re/c1-6-7(2)9(4)10(5)8(6)3;;;;;/h1-5H3;4*1H;/q;;;;;+4/p-4. The summed E-state index contributed by atoms with van der Waals surface area (Å²) in [6, 6.07) is 0. The van der Waals surface area contributed by atoms with E-state index in [9.17, 15) is 0 Å². The third-order valence-corrected chi connectivity index (χ3v) is 2.81. The molecule has 0 aromatic carbocycles. The third kappa shape index (κ3) is 5.97. The van der Waals surface area contributed by atoms with Gasteiger partial charge in [0.1, 0.15) is 0 Å². The Morgan fingerprint density at radius 1 is 0.600 bits per heavy atom. The van der Waals surface area contributed by atoms with Gasteiger partial charge in [-0.15, -0.1) is 0 Å². The summed E-state index contributed by atoms with van der Waals surface area (Å²) in [5.41, 5.74) is 5.87. The summed E-state index contributed by atoms with van der Waals surface area (Å²) in [5.74, 6) is 1.47. The van der Waals surface area contributed by atoms with Crippen molar-refractivity contribution in [2.24, 2.45) is 0 Å². The van der Waals surface area contributed by atoms with Gasteiger partial charge in [0.05, 0.1) is 0 Å². The Morgan fingerprint density at radius 2 is 0.800 bits per heavy atom. The molecule has 0 saturated carbocycles. The van der Waals surface area contributed by atoms with Crippen LogP contribution in [0.5, 0.6) is 0 Å². The molecule has 0 fully saturated rings. The summed E-state index contributed by atoms with van der Waals surface area (Å²) < 4.78 is 0. The molecule has 0 aromatic heterocycles. The first-order chi connectivity index (χ1) is 6.55. The monoisotopic (exact) mass is 462 g/mol. The van der Waals surface area contributed by atoms with E-state index in [-0.39, 0.29) is 0 Å². The summed E-state index contributed by atoms with van der Waals surface area (Å²) in [6.45, 7) is 11.0. The van der Waals surface area contributed by atoms with Gasteiger partial charge in [0.25, 0.3) is 0 Å².